The van der Waals surface area contributed by atoms with Crippen LogP contribution in [0.2, 0.25) is 0 Å². The van der Waals surface area contributed by atoms with Crippen LogP contribution in [0.3, 0.4) is 0 Å². The van der Waals surface area contributed by atoms with Crippen molar-refractivity contribution in [3.8, 4) is 55.6 Å². The predicted molar refractivity (Wildman–Crippen MR) is 245 cm³/mol. The van der Waals surface area contributed by atoms with Gasteiger partial charge in [-0.05, 0) is 106 Å². The number of furan rings is 1. The molecular formula is C56H41NO. The molecule has 0 N–H and O–H groups in total. The van der Waals surface area contributed by atoms with Gasteiger partial charge in [0, 0.05) is 33.4 Å². The maximum absolute atomic E-state index is 6.41. The quantitative estimate of drug-likeness (QED) is 0.154. The minimum atomic E-state index is 0.907. The summed E-state index contributed by atoms with van der Waals surface area (Å²) >= 11 is 0. The van der Waals surface area contributed by atoms with Gasteiger partial charge in [-0.2, -0.15) is 0 Å². The average Bonchev–Trinajstić information content (AvgIpc) is 3.67. The molecule has 0 radical (unpaired) electrons. The van der Waals surface area contributed by atoms with Gasteiger partial charge in [0.1, 0.15) is 11.2 Å². The Labute approximate surface area is 339 Å². The second-order valence-corrected chi connectivity index (χ2v) is 15.1. The zero-order valence-electron chi connectivity index (χ0n) is 32.6. The first-order valence-corrected chi connectivity index (χ1v) is 19.9. The number of para-hydroxylation sites is 2. The summed E-state index contributed by atoms with van der Waals surface area (Å²) in [6.45, 7) is 4.25. The fourth-order valence-corrected chi connectivity index (χ4v) is 8.02. The summed E-state index contributed by atoms with van der Waals surface area (Å²) in [4.78, 5) is 2.33. The SMILES string of the molecule is Cc1ccc(-c2ccc(-c3ccc(N(c4ccc(-c5ccc(-c6ccc(C)cc6)cc5)cc4)c4ccc(-c5cccc6c5oc5ccccc56)cc4)cc3)cc2)cc1. The Balaban J connectivity index is 0.982. The molecule has 1 aromatic heterocycles. The maximum atomic E-state index is 6.41. The van der Waals surface area contributed by atoms with E-state index in [0.29, 0.717) is 0 Å². The monoisotopic (exact) mass is 743 g/mol. The molecule has 0 aliphatic rings. The Morgan fingerprint density at radius 3 is 1.03 bits per heavy atom. The van der Waals surface area contributed by atoms with Gasteiger partial charge in [0.05, 0.1) is 0 Å². The van der Waals surface area contributed by atoms with Crippen molar-refractivity contribution in [3.05, 3.63) is 223 Å². The zero-order chi connectivity index (χ0) is 39.0. The van der Waals surface area contributed by atoms with Crippen LogP contribution in [0.4, 0.5) is 17.1 Å². The fraction of sp³-hybridized carbons (Fsp3) is 0.0357. The largest absolute Gasteiger partial charge is 0.455 e. The number of hydrogen-bond acceptors (Lipinski definition) is 2. The first-order chi connectivity index (χ1) is 28.5. The predicted octanol–water partition coefficient (Wildman–Crippen LogP) is 16.0. The minimum absolute atomic E-state index is 0.907. The fourth-order valence-electron chi connectivity index (χ4n) is 8.02. The molecule has 0 amide bonds. The summed E-state index contributed by atoms with van der Waals surface area (Å²) in [7, 11) is 0. The molecule has 1 heterocycles. The van der Waals surface area contributed by atoms with Gasteiger partial charge in [0.2, 0.25) is 0 Å². The normalized spacial score (nSPS) is 11.3. The van der Waals surface area contributed by atoms with Gasteiger partial charge in [-0.15, -0.1) is 0 Å². The first-order valence-electron chi connectivity index (χ1n) is 19.9. The van der Waals surface area contributed by atoms with Crippen molar-refractivity contribution in [3.63, 3.8) is 0 Å². The standard InChI is InChI=1S/C56H41NO/c1-38-10-14-40(15-11-38)42-18-22-44(23-19-42)46-26-32-49(33-27-46)57(50-34-28-47(29-35-50)45-24-20-43(21-25-45)41-16-12-39(2)13-17-41)51-36-30-48(31-37-51)52-7-5-8-54-53-6-3-4-9-55(53)58-56(52)54/h3-37H,1-2H3. The van der Waals surface area contributed by atoms with E-state index >= 15 is 0 Å². The van der Waals surface area contributed by atoms with Crippen LogP contribution in [0.5, 0.6) is 0 Å². The molecule has 2 heteroatoms. The Bertz CT molecular complexity index is 2860. The van der Waals surface area contributed by atoms with Crippen molar-refractivity contribution in [2.75, 3.05) is 4.90 Å². The molecular weight excluding hydrogens is 703 g/mol. The second kappa shape index (κ2) is 14.9. The van der Waals surface area contributed by atoms with E-state index in [9.17, 15) is 0 Å². The lowest BCUT2D eigenvalue weighted by atomic mass is 9.99. The van der Waals surface area contributed by atoms with E-state index in [2.05, 4.69) is 219 Å². The first kappa shape index (κ1) is 35.0. The molecule has 0 bridgehead atoms. The molecule has 0 spiro atoms. The summed E-state index contributed by atoms with van der Waals surface area (Å²) < 4.78 is 6.41. The third-order valence-electron chi connectivity index (χ3n) is 11.3. The summed E-state index contributed by atoms with van der Waals surface area (Å²) in [5.41, 5.74) is 19.4. The van der Waals surface area contributed by atoms with E-state index in [1.165, 1.54) is 55.6 Å². The van der Waals surface area contributed by atoms with Crippen LogP contribution in [0.1, 0.15) is 11.1 Å². The lowest BCUT2D eigenvalue weighted by Gasteiger charge is -2.26. The lowest BCUT2D eigenvalue weighted by molar-refractivity contribution is 0.670. The summed E-state index contributed by atoms with van der Waals surface area (Å²) in [6.07, 6.45) is 0. The average molecular weight is 744 g/mol. The molecule has 2 nitrogen and oxygen atoms in total. The van der Waals surface area contributed by atoms with Crippen molar-refractivity contribution < 1.29 is 4.42 Å². The van der Waals surface area contributed by atoms with E-state index < -0.39 is 0 Å². The molecule has 0 atom stereocenters. The van der Waals surface area contributed by atoms with Crippen LogP contribution in [0.15, 0.2) is 217 Å². The molecule has 9 aromatic carbocycles. The van der Waals surface area contributed by atoms with Crippen LogP contribution in [0.25, 0.3) is 77.6 Å². The van der Waals surface area contributed by atoms with Crippen molar-refractivity contribution in [2.24, 2.45) is 0 Å². The van der Waals surface area contributed by atoms with Gasteiger partial charge in [-0.1, -0.05) is 181 Å². The molecule has 58 heavy (non-hydrogen) atoms. The van der Waals surface area contributed by atoms with E-state index in [0.717, 1.165) is 50.1 Å². The van der Waals surface area contributed by atoms with Gasteiger partial charge in [0.15, 0.2) is 0 Å². The highest BCUT2D eigenvalue weighted by Crippen LogP contribution is 2.40. The molecule has 276 valence electrons. The van der Waals surface area contributed by atoms with Gasteiger partial charge < -0.3 is 9.32 Å². The smallest absolute Gasteiger partial charge is 0.143 e. The third-order valence-corrected chi connectivity index (χ3v) is 11.3. The number of rotatable bonds is 8. The highest BCUT2D eigenvalue weighted by atomic mass is 16.3. The van der Waals surface area contributed by atoms with Gasteiger partial charge in [-0.3, -0.25) is 0 Å². The van der Waals surface area contributed by atoms with Crippen molar-refractivity contribution in [1.82, 2.24) is 0 Å². The lowest BCUT2D eigenvalue weighted by Crippen LogP contribution is -2.09. The Morgan fingerprint density at radius 2 is 0.621 bits per heavy atom. The molecule has 10 rings (SSSR count). The molecule has 0 saturated carbocycles. The highest BCUT2D eigenvalue weighted by Gasteiger charge is 2.16. The van der Waals surface area contributed by atoms with Gasteiger partial charge in [0.25, 0.3) is 0 Å². The van der Waals surface area contributed by atoms with E-state index in [4.69, 9.17) is 4.42 Å². The maximum Gasteiger partial charge on any atom is 0.143 e. The Kier molecular flexibility index (Phi) is 9.01. The van der Waals surface area contributed by atoms with Gasteiger partial charge in [-0.25, -0.2) is 0 Å². The third kappa shape index (κ3) is 6.76. The molecule has 0 aliphatic heterocycles. The molecule has 0 saturated heterocycles. The van der Waals surface area contributed by atoms with E-state index in [-0.39, 0.29) is 0 Å². The van der Waals surface area contributed by atoms with E-state index in [1.807, 2.05) is 12.1 Å². The van der Waals surface area contributed by atoms with Crippen LogP contribution in [0, 0.1) is 13.8 Å². The summed E-state index contributed by atoms with van der Waals surface area (Å²) in [5, 5.41) is 2.27. The second-order valence-electron chi connectivity index (χ2n) is 15.1. The Hall–Kier alpha value is -7.42. The molecule has 0 aliphatic carbocycles. The molecule has 10 aromatic rings. The van der Waals surface area contributed by atoms with Crippen molar-refractivity contribution in [2.45, 2.75) is 13.8 Å². The Morgan fingerprint density at radius 1 is 0.293 bits per heavy atom. The van der Waals surface area contributed by atoms with Crippen LogP contribution >= 0.6 is 0 Å². The zero-order valence-corrected chi connectivity index (χ0v) is 32.6. The molecule has 0 unspecified atom stereocenters. The number of benzene rings is 9. The minimum Gasteiger partial charge on any atom is -0.455 e. The number of fused-ring (bicyclic) bond motifs is 3. The summed E-state index contributed by atoms with van der Waals surface area (Å²) in [6, 6.07) is 76.5. The van der Waals surface area contributed by atoms with Crippen molar-refractivity contribution >= 4 is 39.0 Å². The molecule has 0 fully saturated rings. The number of aryl methyl sites for hydroxylation is 2. The van der Waals surface area contributed by atoms with Crippen LogP contribution in [-0.2, 0) is 0 Å². The number of nitrogens with zero attached hydrogens (tertiary/aromatic N) is 1. The van der Waals surface area contributed by atoms with Crippen molar-refractivity contribution in [1.29, 1.82) is 0 Å². The van der Waals surface area contributed by atoms with E-state index in [1.54, 1.807) is 0 Å². The highest BCUT2D eigenvalue weighted by molar-refractivity contribution is 6.09. The van der Waals surface area contributed by atoms with Gasteiger partial charge >= 0.3 is 0 Å². The summed E-state index contributed by atoms with van der Waals surface area (Å²) in [5.74, 6) is 0. The number of anilines is 3. The topological polar surface area (TPSA) is 16.4 Å². The number of hydrogen-bond donors (Lipinski definition) is 0. The van der Waals surface area contributed by atoms with Crippen LogP contribution < -0.4 is 4.90 Å². The van der Waals surface area contributed by atoms with Crippen LogP contribution in [-0.4, -0.2) is 0 Å².